The topological polar surface area (TPSA) is 106 Å². The SMILES string of the molecule is CCC(C)(OCC(C)C(C)(C)N)C(CC(C)(C)OCC(C)C(C)(C)N)CC(C)(C)OCC1CC1(C)N. The van der Waals surface area contributed by atoms with Gasteiger partial charge in [-0.15, -0.1) is 0 Å². The second-order valence-corrected chi connectivity index (χ2v) is 15.1. The second kappa shape index (κ2) is 11.9. The number of hydrogen-bond acceptors (Lipinski definition) is 6. The van der Waals surface area contributed by atoms with Crippen LogP contribution in [0.25, 0.3) is 0 Å². The highest BCUT2D eigenvalue weighted by Gasteiger charge is 2.48. The first-order valence-electron chi connectivity index (χ1n) is 14.2. The first-order chi connectivity index (χ1) is 15.9. The summed E-state index contributed by atoms with van der Waals surface area (Å²) in [6.45, 7) is 29.9. The Morgan fingerprint density at radius 3 is 1.53 bits per heavy atom. The minimum absolute atomic E-state index is 0.0784. The first kappa shape index (κ1) is 33.8. The molecule has 6 N–H and O–H groups in total. The van der Waals surface area contributed by atoms with Crippen LogP contribution in [0.15, 0.2) is 0 Å². The maximum atomic E-state index is 6.74. The molecule has 0 spiro atoms. The van der Waals surface area contributed by atoms with Crippen LogP contribution in [-0.4, -0.2) is 53.2 Å². The van der Waals surface area contributed by atoms with Crippen molar-refractivity contribution < 1.29 is 14.2 Å². The fourth-order valence-electron chi connectivity index (χ4n) is 4.46. The molecule has 1 saturated carbocycles. The minimum Gasteiger partial charge on any atom is -0.375 e. The van der Waals surface area contributed by atoms with Crippen molar-refractivity contribution in [3.63, 3.8) is 0 Å². The predicted octanol–water partition coefficient (Wildman–Crippen LogP) is 5.64. The van der Waals surface area contributed by atoms with Gasteiger partial charge in [0.1, 0.15) is 0 Å². The van der Waals surface area contributed by atoms with Crippen LogP contribution in [0.5, 0.6) is 0 Å². The van der Waals surface area contributed by atoms with Gasteiger partial charge in [-0.3, -0.25) is 0 Å². The van der Waals surface area contributed by atoms with Crippen LogP contribution in [-0.2, 0) is 14.2 Å². The Morgan fingerprint density at radius 1 is 0.778 bits per heavy atom. The molecule has 36 heavy (non-hydrogen) atoms. The third-order valence-electron chi connectivity index (χ3n) is 9.10. The van der Waals surface area contributed by atoms with E-state index in [0.717, 1.165) is 25.7 Å². The summed E-state index contributed by atoms with van der Waals surface area (Å²) in [6.07, 6.45) is 3.67. The lowest BCUT2D eigenvalue weighted by molar-refractivity contribution is -0.145. The molecule has 0 amide bonds. The van der Waals surface area contributed by atoms with Gasteiger partial charge in [-0.05, 0) is 113 Å². The molecule has 6 unspecified atom stereocenters. The predicted molar refractivity (Wildman–Crippen MR) is 153 cm³/mol. The quantitative estimate of drug-likeness (QED) is 0.232. The minimum atomic E-state index is -0.332. The normalized spacial score (nSPS) is 25.8. The zero-order valence-electron chi connectivity index (χ0n) is 26.2. The number of hydrogen-bond donors (Lipinski definition) is 3. The molecule has 0 radical (unpaired) electrons. The fraction of sp³-hybridized carbons (Fsp3) is 1.00. The Labute approximate surface area is 224 Å². The van der Waals surface area contributed by atoms with Gasteiger partial charge in [0.25, 0.3) is 0 Å². The molecule has 0 saturated heterocycles. The standard InChI is InChI=1S/C30H63N3O3/c1-14-30(13,36-19-22(3)28(10,11)32)23(15-25(4,5)34-18-21(2)27(8,9)31)16-26(6,7)35-20-24-17-29(24,12)33/h21-24H,14-20,31-33H2,1-13H3. The van der Waals surface area contributed by atoms with Crippen molar-refractivity contribution in [2.45, 2.75) is 149 Å². The van der Waals surface area contributed by atoms with Crippen LogP contribution in [0.3, 0.4) is 0 Å². The summed E-state index contributed by atoms with van der Waals surface area (Å²) in [5.41, 5.74) is 17.4. The summed E-state index contributed by atoms with van der Waals surface area (Å²) in [5, 5.41) is 0. The van der Waals surface area contributed by atoms with E-state index in [1.165, 1.54) is 0 Å². The third kappa shape index (κ3) is 10.9. The maximum Gasteiger partial charge on any atom is 0.0682 e. The van der Waals surface area contributed by atoms with Gasteiger partial charge in [-0.25, -0.2) is 0 Å². The monoisotopic (exact) mass is 513 g/mol. The summed E-state index contributed by atoms with van der Waals surface area (Å²) in [4.78, 5) is 0. The molecule has 0 aromatic rings. The summed E-state index contributed by atoms with van der Waals surface area (Å²) in [5.74, 6) is 1.16. The van der Waals surface area contributed by atoms with Gasteiger partial charge < -0.3 is 31.4 Å². The lowest BCUT2D eigenvalue weighted by Gasteiger charge is -2.45. The van der Waals surface area contributed by atoms with E-state index in [0.29, 0.717) is 25.7 Å². The highest BCUT2D eigenvalue weighted by atomic mass is 16.5. The van der Waals surface area contributed by atoms with Gasteiger partial charge in [-0.2, -0.15) is 0 Å². The van der Waals surface area contributed by atoms with Crippen LogP contribution < -0.4 is 17.2 Å². The van der Waals surface area contributed by atoms with E-state index < -0.39 is 0 Å². The lowest BCUT2D eigenvalue weighted by atomic mass is 9.74. The summed E-state index contributed by atoms with van der Waals surface area (Å²) >= 11 is 0. The van der Waals surface area contributed by atoms with Gasteiger partial charge in [0.2, 0.25) is 0 Å². The van der Waals surface area contributed by atoms with E-state index in [4.69, 9.17) is 31.4 Å². The lowest BCUT2D eigenvalue weighted by Crippen LogP contribution is -2.49. The summed E-state index contributed by atoms with van der Waals surface area (Å²) in [7, 11) is 0. The molecule has 0 aromatic carbocycles. The van der Waals surface area contributed by atoms with Gasteiger partial charge >= 0.3 is 0 Å². The number of nitrogens with two attached hydrogens (primary N) is 3. The van der Waals surface area contributed by atoms with Crippen LogP contribution in [0.4, 0.5) is 0 Å². The molecule has 0 aliphatic heterocycles. The molecule has 216 valence electrons. The maximum absolute atomic E-state index is 6.74. The smallest absolute Gasteiger partial charge is 0.0682 e. The van der Waals surface area contributed by atoms with Crippen molar-refractivity contribution in [2.75, 3.05) is 19.8 Å². The van der Waals surface area contributed by atoms with E-state index in [-0.39, 0.29) is 51.2 Å². The third-order valence-corrected chi connectivity index (χ3v) is 9.10. The molecule has 1 rings (SSSR count). The highest BCUT2D eigenvalue weighted by Crippen LogP contribution is 2.43. The molecule has 6 heteroatoms. The Balaban J connectivity index is 3.07. The Hall–Kier alpha value is -0.240. The number of ether oxygens (including phenoxy) is 3. The van der Waals surface area contributed by atoms with Crippen molar-refractivity contribution in [3.8, 4) is 0 Å². The van der Waals surface area contributed by atoms with E-state index in [9.17, 15) is 0 Å². The molecule has 0 heterocycles. The highest BCUT2D eigenvalue weighted by molar-refractivity contribution is 5.04. The van der Waals surface area contributed by atoms with Crippen molar-refractivity contribution in [2.24, 2.45) is 40.9 Å². The Kier molecular flexibility index (Phi) is 11.1. The molecule has 0 bridgehead atoms. The van der Waals surface area contributed by atoms with Crippen LogP contribution in [0.2, 0.25) is 0 Å². The van der Waals surface area contributed by atoms with Crippen LogP contribution >= 0.6 is 0 Å². The van der Waals surface area contributed by atoms with E-state index >= 15 is 0 Å². The molecule has 1 aliphatic carbocycles. The zero-order valence-corrected chi connectivity index (χ0v) is 26.2. The molecule has 1 fully saturated rings. The summed E-state index contributed by atoms with van der Waals surface area (Å²) < 4.78 is 19.7. The van der Waals surface area contributed by atoms with Gasteiger partial charge in [0, 0.05) is 22.5 Å². The van der Waals surface area contributed by atoms with Gasteiger partial charge in [0.05, 0.1) is 36.6 Å². The Bertz CT molecular complexity index is 678. The molecule has 1 aliphatic rings. The van der Waals surface area contributed by atoms with Gasteiger partial charge in [0.15, 0.2) is 0 Å². The number of rotatable bonds is 17. The van der Waals surface area contributed by atoms with Crippen LogP contribution in [0, 0.1) is 23.7 Å². The fourth-order valence-corrected chi connectivity index (χ4v) is 4.46. The van der Waals surface area contributed by atoms with Crippen molar-refractivity contribution in [1.29, 1.82) is 0 Å². The van der Waals surface area contributed by atoms with Crippen LogP contribution in [0.1, 0.15) is 116 Å². The van der Waals surface area contributed by atoms with Gasteiger partial charge in [-0.1, -0.05) is 20.8 Å². The average molecular weight is 514 g/mol. The molecule has 0 aromatic heterocycles. The average Bonchev–Trinajstić information content (AvgIpc) is 3.32. The first-order valence-corrected chi connectivity index (χ1v) is 14.2. The van der Waals surface area contributed by atoms with Crippen molar-refractivity contribution >= 4 is 0 Å². The molecule has 6 nitrogen and oxygen atoms in total. The van der Waals surface area contributed by atoms with E-state index in [1.807, 2.05) is 0 Å². The summed E-state index contributed by atoms with van der Waals surface area (Å²) in [6, 6.07) is 0. The Morgan fingerprint density at radius 2 is 1.17 bits per heavy atom. The van der Waals surface area contributed by atoms with Crippen molar-refractivity contribution in [3.05, 3.63) is 0 Å². The molecular formula is C30H63N3O3. The zero-order chi connectivity index (χ0) is 28.4. The largest absolute Gasteiger partial charge is 0.375 e. The van der Waals surface area contributed by atoms with E-state index in [1.54, 1.807) is 0 Å². The molecular weight excluding hydrogens is 450 g/mol. The van der Waals surface area contributed by atoms with E-state index in [2.05, 4.69) is 90.0 Å². The van der Waals surface area contributed by atoms with Crippen molar-refractivity contribution in [1.82, 2.24) is 0 Å². The molecule has 6 atom stereocenters. The second-order valence-electron chi connectivity index (χ2n) is 15.1.